The molecule has 1 rings (SSSR count). The number of hydrogen-bond donors (Lipinski definition) is 0. The van der Waals surface area contributed by atoms with E-state index in [1.807, 2.05) is 0 Å². The molecule has 80 valence electrons. The predicted octanol–water partition coefficient (Wildman–Crippen LogP) is 3.17. The zero-order valence-electron chi connectivity index (χ0n) is 9.92. The van der Waals surface area contributed by atoms with Crippen molar-refractivity contribution >= 4 is 8.32 Å². The van der Waals surface area contributed by atoms with Crippen LogP contribution in [0.15, 0.2) is 0 Å². The summed E-state index contributed by atoms with van der Waals surface area (Å²) >= 11 is 0. The van der Waals surface area contributed by atoms with E-state index in [1.165, 1.54) is 0 Å². The molecular weight excluding hydrogens is 190 g/mol. The number of hydrogen-bond acceptors (Lipinski definition) is 2. The van der Waals surface area contributed by atoms with Gasteiger partial charge in [0.1, 0.15) is 5.60 Å². The molecule has 0 amide bonds. The van der Waals surface area contributed by atoms with Crippen LogP contribution in [0.2, 0.25) is 19.6 Å². The lowest BCUT2D eigenvalue weighted by Crippen LogP contribution is -2.52. The van der Waals surface area contributed by atoms with Crippen molar-refractivity contribution in [3.05, 3.63) is 0 Å². The van der Waals surface area contributed by atoms with Crippen molar-refractivity contribution in [2.45, 2.75) is 51.9 Å². The molecule has 0 bridgehead atoms. The standard InChI is InChI=1S/C11H21NOSi/c1-9(2)10-6-11(7-10,8-12)13-14(3,4)5/h9-10H,6-7H2,1-5H3. The van der Waals surface area contributed by atoms with Crippen molar-refractivity contribution in [1.82, 2.24) is 0 Å². The number of nitriles is 1. The van der Waals surface area contributed by atoms with Crippen LogP contribution in [-0.4, -0.2) is 13.9 Å². The molecule has 0 radical (unpaired) electrons. The highest BCUT2D eigenvalue weighted by atomic mass is 28.4. The Labute approximate surface area is 88.4 Å². The molecule has 14 heavy (non-hydrogen) atoms. The molecule has 0 saturated heterocycles. The van der Waals surface area contributed by atoms with Gasteiger partial charge >= 0.3 is 0 Å². The third-order valence-electron chi connectivity index (χ3n) is 2.83. The van der Waals surface area contributed by atoms with Crippen LogP contribution < -0.4 is 0 Å². The molecule has 0 N–H and O–H groups in total. The average molecular weight is 211 g/mol. The van der Waals surface area contributed by atoms with Crippen LogP contribution in [0.1, 0.15) is 26.7 Å². The van der Waals surface area contributed by atoms with Crippen LogP contribution in [-0.2, 0) is 4.43 Å². The van der Waals surface area contributed by atoms with Crippen molar-refractivity contribution in [3.8, 4) is 6.07 Å². The van der Waals surface area contributed by atoms with Gasteiger partial charge in [-0.25, -0.2) is 0 Å². The summed E-state index contributed by atoms with van der Waals surface area (Å²) in [5.41, 5.74) is -0.431. The van der Waals surface area contributed by atoms with Gasteiger partial charge in [-0.1, -0.05) is 13.8 Å². The van der Waals surface area contributed by atoms with Gasteiger partial charge < -0.3 is 4.43 Å². The van der Waals surface area contributed by atoms with Gasteiger partial charge in [-0.15, -0.1) is 0 Å². The Morgan fingerprint density at radius 2 is 1.86 bits per heavy atom. The number of nitrogens with zero attached hydrogens (tertiary/aromatic N) is 1. The van der Waals surface area contributed by atoms with E-state index in [9.17, 15) is 0 Å². The molecule has 2 nitrogen and oxygen atoms in total. The Hall–Kier alpha value is -0.333. The van der Waals surface area contributed by atoms with Gasteiger partial charge in [-0.2, -0.15) is 5.26 Å². The predicted molar refractivity (Wildman–Crippen MR) is 60.3 cm³/mol. The van der Waals surface area contributed by atoms with Crippen LogP contribution in [0.3, 0.4) is 0 Å². The second kappa shape index (κ2) is 3.67. The first-order chi connectivity index (χ1) is 6.28. The van der Waals surface area contributed by atoms with Crippen molar-refractivity contribution in [3.63, 3.8) is 0 Å². The van der Waals surface area contributed by atoms with Crippen LogP contribution in [0, 0.1) is 23.2 Å². The molecule has 0 spiro atoms. The fourth-order valence-corrected chi connectivity index (χ4v) is 3.43. The molecule has 0 aromatic rings. The fraction of sp³-hybridized carbons (Fsp3) is 0.909. The van der Waals surface area contributed by atoms with E-state index in [-0.39, 0.29) is 0 Å². The van der Waals surface area contributed by atoms with Gasteiger partial charge in [0.25, 0.3) is 0 Å². The first-order valence-corrected chi connectivity index (χ1v) is 8.80. The number of rotatable bonds is 3. The summed E-state index contributed by atoms with van der Waals surface area (Å²) < 4.78 is 5.97. The summed E-state index contributed by atoms with van der Waals surface area (Å²) in [6.45, 7) is 10.9. The zero-order valence-corrected chi connectivity index (χ0v) is 10.9. The molecular formula is C11H21NOSi. The van der Waals surface area contributed by atoms with Crippen LogP contribution in [0.4, 0.5) is 0 Å². The maximum absolute atomic E-state index is 9.15. The van der Waals surface area contributed by atoms with E-state index in [0.29, 0.717) is 11.8 Å². The van der Waals surface area contributed by atoms with Crippen LogP contribution in [0.25, 0.3) is 0 Å². The highest BCUT2D eigenvalue weighted by Crippen LogP contribution is 2.45. The first kappa shape index (κ1) is 11.7. The second-order valence-corrected chi connectivity index (χ2v) is 10.2. The average Bonchev–Trinajstić information content (AvgIpc) is 1.93. The molecule has 0 heterocycles. The van der Waals surface area contributed by atoms with Gasteiger partial charge in [0, 0.05) is 0 Å². The summed E-state index contributed by atoms with van der Waals surface area (Å²) in [4.78, 5) is 0. The lowest BCUT2D eigenvalue weighted by atomic mass is 9.67. The minimum Gasteiger partial charge on any atom is -0.400 e. The lowest BCUT2D eigenvalue weighted by Gasteiger charge is -2.47. The quantitative estimate of drug-likeness (QED) is 0.672. The zero-order chi connectivity index (χ0) is 11.0. The lowest BCUT2D eigenvalue weighted by molar-refractivity contribution is -0.0250. The molecule has 1 saturated carbocycles. The van der Waals surface area contributed by atoms with Gasteiger partial charge in [-0.05, 0) is 44.3 Å². The van der Waals surface area contributed by atoms with Gasteiger partial charge in [-0.3, -0.25) is 0 Å². The molecule has 1 fully saturated rings. The third-order valence-corrected chi connectivity index (χ3v) is 3.84. The van der Waals surface area contributed by atoms with Crippen LogP contribution in [0.5, 0.6) is 0 Å². The largest absolute Gasteiger partial charge is 0.400 e. The monoisotopic (exact) mass is 211 g/mol. The van der Waals surface area contributed by atoms with Gasteiger partial charge in [0.2, 0.25) is 0 Å². The maximum atomic E-state index is 9.15. The first-order valence-electron chi connectivity index (χ1n) is 5.39. The van der Waals surface area contributed by atoms with E-state index in [1.54, 1.807) is 0 Å². The summed E-state index contributed by atoms with van der Waals surface area (Å²) in [6.07, 6.45) is 1.87. The molecule has 1 aliphatic carbocycles. The Kier molecular flexibility index (Phi) is 3.08. The summed E-state index contributed by atoms with van der Waals surface area (Å²) in [7, 11) is -1.57. The molecule has 1 aliphatic rings. The maximum Gasteiger partial charge on any atom is 0.185 e. The molecule has 0 aromatic heterocycles. The van der Waals surface area contributed by atoms with E-state index in [2.05, 4.69) is 39.6 Å². The second-order valence-electron chi connectivity index (χ2n) is 5.73. The molecule has 0 aromatic carbocycles. The highest BCUT2D eigenvalue weighted by Gasteiger charge is 2.48. The van der Waals surface area contributed by atoms with E-state index >= 15 is 0 Å². The van der Waals surface area contributed by atoms with Gasteiger partial charge in [0.15, 0.2) is 8.32 Å². The van der Waals surface area contributed by atoms with Crippen molar-refractivity contribution in [2.24, 2.45) is 11.8 Å². The minimum absolute atomic E-state index is 0.431. The topological polar surface area (TPSA) is 33.0 Å². The highest BCUT2D eigenvalue weighted by molar-refractivity contribution is 6.69. The van der Waals surface area contributed by atoms with E-state index in [4.69, 9.17) is 9.69 Å². The SMILES string of the molecule is CC(C)C1CC(C#N)(O[Si](C)(C)C)C1. The molecule has 0 atom stereocenters. The Bertz CT molecular complexity index is 243. The fourth-order valence-electron chi connectivity index (χ4n) is 2.04. The molecule has 0 unspecified atom stereocenters. The normalized spacial score (nSPS) is 32.5. The van der Waals surface area contributed by atoms with Crippen molar-refractivity contribution < 1.29 is 4.43 Å². The molecule has 0 aliphatic heterocycles. The summed E-state index contributed by atoms with van der Waals surface area (Å²) in [6, 6.07) is 2.37. The Morgan fingerprint density at radius 3 is 2.14 bits per heavy atom. The van der Waals surface area contributed by atoms with Crippen LogP contribution >= 0.6 is 0 Å². The summed E-state index contributed by atoms with van der Waals surface area (Å²) in [5, 5.41) is 9.15. The smallest absolute Gasteiger partial charge is 0.185 e. The van der Waals surface area contributed by atoms with E-state index < -0.39 is 13.9 Å². The van der Waals surface area contributed by atoms with Crippen molar-refractivity contribution in [2.75, 3.05) is 0 Å². The summed E-state index contributed by atoms with van der Waals surface area (Å²) in [5.74, 6) is 1.37. The Morgan fingerprint density at radius 1 is 1.36 bits per heavy atom. The van der Waals surface area contributed by atoms with Gasteiger partial charge in [0.05, 0.1) is 6.07 Å². The Balaban J connectivity index is 2.55. The minimum atomic E-state index is -1.57. The van der Waals surface area contributed by atoms with E-state index in [0.717, 1.165) is 12.8 Å². The molecule has 3 heteroatoms. The third kappa shape index (κ3) is 2.58. The van der Waals surface area contributed by atoms with Crippen molar-refractivity contribution in [1.29, 1.82) is 5.26 Å².